The van der Waals surface area contributed by atoms with E-state index in [0.717, 1.165) is 0 Å². The van der Waals surface area contributed by atoms with E-state index in [1.54, 1.807) is 0 Å². The van der Waals surface area contributed by atoms with Crippen molar-refractivity contribution in [1.29, 1.82) is 5.26 Å². The number of hydrogen-bond acceptors (Lipinski definition) is 1. The second-order valence-electron chi connectivity index (χ2n) is 2.76. The molecule has 0 aromatic heterocycles. The topological polar surface area (TPSA) is 23.8 Å². The molecule has 0 aliphatic carbocycles. The Morgan fingerprint density at radius 2 is 2.31 bits per heavy atom. The van der Waals surface area contributed by atoms with Gasteiger partial charge in [0, 0.05) is 10.6 Å². The zero-order valence-corrected chi connectivity index (χ0v) is 7.98. The van der Waals surface area contributed by atoms with Crippen molar-refractivity contribution in [3.8, 4) is 6.07 Å². The van der Waals surface area contributed by atoms with Crippen LogP contribution in [0.4, 0.5) is 4.39 Å². The molecule has 0 saturated carbocycles. The van der Waals surface area contributed by atoms with E-state index in [-0.39, 0.29) is 5.82 Å². The second-order valence-corrected chi connectivity index (χ2v) is 3.19. The Bertz CT molecular complexity index is 343. The molecular formula is C10H9ClFN. The van der Waals surface area contributed by atoms with Gasteiger partial charge in [-0.25, -0.2) is 4.39 Å². The Hall–Kier alpha value is -1.07. The van der Waals surface area contributed by atoms with Gasteiger partial charge in [0.05, 0.1) is 12.0 Å². The van der Waals surface area contributed by atoms with Gasteiger partial charge in [0.2, 0.25) is 0 Å². The lowest BCUT2D eigenvalue weighted by Crippen LogP contribution is -1.97. The molecule has 0 saturated heterocycles. The van der Waals surface area contributed by atoms with Crippen molar-refractivity contribution in [3.05, 3.63) is 34.6 Å². The highest BCUT2D eigenvalue weighted by Gasteiger charge is 2.13. The molecule has 0 spiro atoms. The fourth-order valence-corrected chi connectivity index (χ4v) is 1.34. The average Bonchev–Trinajstić information content (AvgIpc) is 2.13. The van der Waals surface area contributed by atoms with Gasteiger partial charge >= 0.3 is 0 Å². The number of rotatable bonds is 2. The minimum Gasteiger partial charge on any atom is -0.207 e. The quantitative estimate of drug-likeness (QED) is 0.712. The van der Waals surface area contributed by atoms with Crippen LogP contribution in [0.15, 0.2) is 18.2 Å². The zero-order chi connectivity index (χ0) is 9.84. The van der Waals surface area contributed by atoms with Crippen LogP contribution in [0.2, 0.25) is 5.02 Å². The molecule has 1 unspecified atom stereocenters. The summed E-state index contributed by atoms with van der Waals surface area (Å²) in [4.78, 5) is 0. The predicted molar refractivity (Wildman–Crippen MR) is 50.1 cm³/mol. The summed E-state index contributed by atoms with van der Waals surface area (Å²) in [7, 11) is 0. The molecule has 0 fully saturated rings. The summed E-state index contributed by atoms with van der Waals surface area (Å²) in [5, 5.41) is 9.20. The third-order valence-electron chi connectivity index (χ3n) is 1.90. The van der Waals surface area contributed by atoms with Crippen molar-refractivity contribution < 1.29 is 4.39 Å². The average molecular weight is 198 g/mol. The third-order valence-corrected chi connectivity index (χ3v) is 2.13. The highest BCUT2D eigenvalue weighted by molar-refractivity contribution is 6.30. The molecule has 0 radical (unpaired) electrons. The highest BCUT2D eigenvalue weighted by Crippen LogP contribution is 2.24. The van der Waals surface area contributed by atoms with Crippen LogP contribution in [-0.2, 0) is 0 Å². The van der Waals surface area contributed by atoms with E-state index in [0.29, 0.717) is 17.0 Å². The molecule has 1 aromatic carbocycles. The summed E-state index contributed by atoms with van der Waals surface area (Å²) < 4.78 is 13.2. The molecule has 0 amide bonds. The zero-order valence-electron chi connectivity index (χ0n) is 7.22. The fourth-order valence-electron chi connectivity index (χ4n) is 1.16. The first-order valence-electron chi connectivity index (χ1n) is 4.03. The molecule has 0 heterocycles. The van der Waals surface area contributed by atoms with Gasteiger partial charge in [-0.3, -0.25) is 0 Å². The molecule has 68 valence electrons. The molecule has 1 rings (SSSR count). The van der Waals surface area contributed by atoms with Crippen molar-refractivity contribution in [1.82, 2.24) is 0 Å². The Balaban J connectivity index is 3.13. The van der Waals surface area contributed by atoms with Crippen LogP contribution < -0.4 is 0 Å². The van der Waals surface area contributed by atoms with Crippen LogP contribution in [-0.4, -0.2) is 0 Å². The summed E-state index contributed by atoms with van der Waals surface area (Å²) in [5.74, 6) is -0.767. The van der Waals surface area contributed by atoms with Crippen molar-refractivity contribution >= 4 is 11.6 Å². The molecule has 13 heavy (non-hydrogen) atoms. The van der Waals surface area contributed by atoms with Gasteiger partial charge in [-0.1, -0.05) is 18.5 Å². The summed E-state index contributed by atoms with van der Waals surface area (Å²) >= 11 is 5.70. The number of halogens is 2. The second kappa shape index (κ2) is 4.25. The van der Waals surface area contributed by atoms with Crippen molar-refractivity contribution in [2.24, 2.45) is 0 Å². The lowest BCUT2D eigenvalue weighted by molar-refractivity contribution is 0.598. The number of nitrogens with zero attached hydrogens (tertiary/aromatic N) is 1. The van der Waals surface area contributed by atoms with Crippen molar-refractivity contribution in [2.45, 2.75) is 19.3 Å². The standard InChI is InChI=1S/C10H9ClFN/c1-2-7(6-13)9-5-8(11)3-4-10(9)12/h3-5,7H,2H2,1H3. The molecule has 1 nitrogen and oxygen atoms in total. The van der Waals surface area contributed by atoms with Crippen LogP contribution in [0.1, 0.15) is 24.8 Å². The van der Waals surface area contributed by atoms with Gasteiger partial charge in [0.25, 0.3) is 0 Å². The predicted octanol–water partition coefficient (Wildman–Crippen LogP) is 3.50. The van der Waals surface area contributed by atoms with Crippen LogP contribution in [0.25, 0.3) is 0 Å². The van der Waals surface area contributed by atoms with Gasteiger partial charge in [-0.05, 0) is 24.6 Å². The molecule has 0 aliphatic rings. The van der Waals surface area contributed by atoms with Gasteiger partial charge in [-0.15, -0.1) is 0 Å². The third kappa shape index (κ3) is 2.19. The normalized spacial score (nSPS) is 12.2. The first-order valence-corrected chi connectivity index (χ1v) is 4.41. The molecule has 3 heteroatoms. The van der Waals surface area contributed by atoms with E-state index < -0.39 is 5.92 Å². The Labute approximate surface area is 81.8 Å². The summed E-state index contributed by atoms with van der Waals surface area (Å²) in [5.41, 5.74) is 0.387. The first kappa shape index (κ1) is 10.0. The summed E-state index contributed by atoms with van der Waals surface area (Å²) in [6.45, 7) is 1.84. The lowest BCUT2D eigenvalue weighted by Gasteiger charge is -2.07. The molecule has 0 aliphatic heterocycles. The van der Waals surface area contributed by atoms with Gasteiger partial charge < -0.3 is 0 Å². The first-order chi connectivity index (χ1) is 6.19. The van der Waals surface area contributed by atoms with Crippen LogP contribution >= 0.6 is 11.6 Å². The minimum atomic E-state index is -0.404. The monoisotopic (exact) mass is 197 g/mol. The van der Waals surface area contributed by atoms with Crippen molar-refractivity contribution in [3.63, 3.8) is 0 Å². The molecular weight excluding hydrogens is 189 g/mol. The van der Waals surface area contributed by atoms with Crippen molar-refractivity contribution in [2.75, 3.05) is 0 Å². The summed E-state index contributed by atoms with van der Waals surface area (Å²) in [6.07, 6.45) is 0.591. The van der Waals surface area contributed by atoms with Crippen LogP contribution in [0, 0.1) is 17.1 Å². The summed E-state index contributed by atoms with van der Waals surface area (Å²) in [6, 6.07) is 6.31. The fraction of sp³-hybridized carbons (Fsp3) is 0.300. The molecule has 0 N–H and O–H groups in total. The largest absolute Gasteiger partial charge is 0.207 e. The Morgan fingerprint density at radius 1 is 1.62 bits per heavy atom. The van der Waals surface area contributed by atoms with Crippen LogP contribution in [0.3, 0.4) is 0 Å². The number of hydrogen-bond donors (Lipinski definition) is 0. The minimum absolute atomic E-state index is 0.363. The number of benzene rings is 1. The highest BCUT2D eigenvalue weighted by atomic mass is 35.5. The SMILES string of the molecule is CCC(C#N)c1cc(Cl)ccc1F. The van der Waals surface area contributed by atoms with E-state index in [4.69, 9.17) is 16.9 Å². The van der Waals surface area contributed by atoms with Gasteiger partial charge in [0.15, 0.2) is 0 Å². The van der Waals surface area contributed by atoms with Crippen LogP contribution in [0.5, 0.6) is 0 Å². The number of nitriles is 1. The van der Waals surface area contributed by atoms with E-state index in [1.807, 2.05) is 13.0 Å². The van der Waals surface area contributed by atoms with E-state index in [9.17, 15) is 4.39 Å². The smallest absolute Gasteiger partial charge is 0.127 e. The Kier molecular flexibility index (Phi) is 3.27. The lowest BCUT2D eigenvalue weighted by atomic mass is 9.98. The maximum Gasteiger partial charge on any atom is 0.127 e. The van der Waals surface area contributed by atoms with E-state index in [1.165, 1.54) is 18.2 Å². The molecule has 0 bridgehead atoms. The molecule has 1 atom stereocenters. The maximum atomic E-state index is 13.2. The van der Waals surface area contributed by atoms with E-state index in [2.05, 4.69) is 0 Å². The molecule has 1 aromatic rings. The maximum absolute atomic E-state index is 13.2. The van der Waals surface area contributed by atoms with Gasteiger partial charge in [0.1, 0.15) is 5.82 Å². The van der Waals surface area contributed by atoms with E-state index >= 15 is 0 Å². The Morgan fingerprint density at radius 3 is 2.85 bits per heavy atom. The van der Waals surface area contributed by atoms with Gasteiger partial charge in [-0.2, -0.15) is 5.26 Å².